The van der Waals surface area contributed by atoms with Gasteiger partial charge in [0.15, 0.2) is 5.84 Å². The lowest BCUT2D eigenvalue weighted by molar-refractivity contribution is 0.226. The second kappa shape index (κ2) is 6.06. The number of hydrogen-bond donors (Lipinski definition) is 2. The topological polar surface area (TPSA) is 67.8 Å². The quantitative estimate of drug-likeness (QED) is 0.389. The number of benzene rings is 2. The van der Waals surface area contributed by atoms with E-state index in [1.54, 1.807) is 0 Å². The van der Waals surface area contributed by atoms with E-state index in [0.29, 0.717) is 5.75 Å². The Hall–Kier alpha value is -2.56. The number of halogens is 1. The number of hydrogen-bond acceptors (Lipinski definition) is 3. The Kier molecular flexibility index (Phi) is 4.20. The fraction of sp³-hybridized carbons (Fsp3) is 0.133. The van der Waals surface area contributed by atoms with E-state index in [-0.39, 0.29) is 17.5 Å². The third kappa shape index (κ3) is 3.06. The first-order valence-electron chi connectivity index (χ1n) is 6.11. The summed E-state index contributed by atoms with van der Waals surface area (Å²) in [4.78, 5) is 0. The van der Waals surface area contributed by atoms with Crippen molar-refractivity contribution in [2.75, 3.05) is 0 Å². The number of nitrogens with zero attached hydrogens (tertiary/aromatic N) is 1. The van der Waals surface area contributed by atoms with E-state index in [1.807, 2.05) is 37.3 Å². The first kappa shape index (κ1) is 13.9. The van der Waals surface area contributed by atoms with Crippen LogP contribution in [-0.4, -0.2) is 11.0 Å². The van der Waals surface area contributed by atoms with Gasteiger partial charge >= 0.3 is 0 Å². The highest BCUT2D eigenvalue weighted by molar-refractivity contribution is 5.99. The van der Waals surface area contributed by atoms with Crippen molar-refractivity contribution in [2.45, 2.75) is 13.0 Å². The standard InChI is InChI=1S/C15H15FN2O2/c1-10(11-5-3-2-4-6-11)20-14-8-7-12(16)9-13(14)15(17)18-19/h2-10,19H,1H3,(H2,17,18). The molecule has 0 amide bonds. The highest BCUT2D eigenvalue weighted by Crippen LogP contribution is 2.25. The fourth-order valence-electron chi connectivity index (χ4n) is 1.84. The van der Waals surface area contributed by atoms with Crippen LogP contribution in [0.2, 0.25) is 0 Å². The number of rotatable bonds is 4. The van der Waals surface area contributed by atoms with Crippen molar-refractivity contribution in [3.63, 3.8) is 0 Å². The number of nitrogens with two attached hydrogens (primary N) is 1. The Morgan fingerprint density at radius 2 is 1.95 bits per heavy atom. The van der Waals surface area contributed by atoms with Crippen LogP contribution < -0.4 is 10.5 Å². The minimum Gasteiger partial charge on any atom is -0.485 e. The molecule has 4 nitrogen and oxygen atoms in total. The van der Waals surface area contributed by atoms with Crippen molar-refractivity contribution >= 4 is 5.84 Å². The van der Waals surface area contributed by atoms with Crippen molar-refractivity contribution in [2.24, 2.45) is 10.9 Å². The minimum atomic E-state index is -0.480. The molecule has 2 rings (SSSR count). The number of amidine groups is 1. The average Bonchev–Trinajstić information content (AvgIpc) is 2.49. The first-order valence-corrected chi connectivity index (χ1v) is 6.11. The monoisotopic (exact) mass is 274 g/mol. The third-order valence-corrected chi connectivity index (χ3v) is 2.90. The van der Waals surface area contributed by atoms with Crippen molar-refractivity contribution in [1.29, 1.82) is 0 Å². The maximum atomic E-state index is 13.3. The zero-order chi connectivity index (χ0) is 14.5. The van der Waals surface area contributed by atoms with Crippen molar-refractivity contribution in [3.8, 4) is 5.75 Å². The maximum absolute atomic E-state index is 13.3. The Labute approximate surface area is 116 Å². The van der Waals surface area contributed by atoms with E-state index >= 15 is 0 Å². The summed E-state index contributed by atoms with van der Waals surface area (Å²) in [5, 5.41) is 11.6. The summed E-state index contributed by atoms with van der Waals surface area (Å²) in [5.41, 5.74) is 6.72. The van der Waals surface area contributed by atoms with Crippen LogP contribution in [-0.2, 0) is 0 Å². The van der Waals surface area contributed by atoms with Gasteiger partial charge in [0.1, 0.15) is 17.7 Å². The zero-order valence-corrected chi connectivity index (χ0v) is 11.0. The summed E-state index contributed by atoms with van der Waals surface area (Å²) in [6.07, 6.45) is -0.244. The Morgan fingerprint density at radius 3 is 2.60 bits per heavy atom. The van der Waals surface area contributed by atoms with Gasteiger partial charge in [-0.05, 0) is 30.7 Å². The van der Waals surface area contributed by atoms with E-state index in [4.69, 9.17) is 15.7 Å². The summed E-state index contributed by atoms with van der Waals surface area (Å²) in [5.74, 6) is -0.316. The average molecular weight is 274 g/mol. The van der Waals surface area contributed by atoms with E-state index in [1.165, 1.54) is 18.2 Å². The molecule has 0 spiro atoms. The van der Waals surface area contributed by atoms with Gasteiger partial charge in [-0.2, -0.15) is 0 Å². The highest BCUT2D eigenvalue weighted by atomic mass is 19.1. The van der Waals surface area contributed by atoms with Gasteiger partial charge in [-0.3, -0.25) is 0 Å². The molecule has 20 heavy (non-hydrogen) atoms. The van der Waals surface area contributed by atoms with Crippen molar-refractivity contribution in [1.82, 2.24) is 0 Å². The van der Waals surface area contributed by atoms with Gasteiger partial charge in [0.25, 0.3) is 0 Å². The van der Waals surface area contributed by atoms with Gasteiger partial charge in [-0.15, -0.1) is 0 Å². The molecule has 1 unspecified atom stereocenters. The molecule has 3 N–H and O–H groups in total. The first-order chi connectivity index (χ1) is 9.61. The van der Waals surface area contributed by atoms with Gasteiger partial charge < -0.3 is 15.7 Å². The van der Waals surface area contributed by atoms with Crippen molar-refractivity contribution in [3.05, 3.63) is 65.5 Å². The SMILES string of the molecule is CC(Oc1ccc(F)cc1C(N)=NO)c1ccccc1. The largest absolute Gasteiger partial charge is 0.485 e. The van der Waals surface area contributed by atoms with Crippen molar-refractivity contribution < 1.29 is 14.3 Å². The fourth-order valence-corrected chi connectivity index (χ4v) is 1.84. The van der Waals surface area contributed by atoms with E-state index < -0.39 is 5.82 Å². The summed E-state index contributed by atoms with van der Waals surface area (Å²) in [6.45, 7) is 1.87. The lowest BCUT2D eigenvalue weighted by Crippen LogP contribution is -2.16. The molecule has 0 saturated carbocycles. The molecule has 1 atom stereocenters. The summed E-state index contributed by atoms with van der Waals surface area (Å²) in [6, 6.07) is 13.5. The molecule has 0 aromatic heterocycles. The normalized spacial score (nSPS) is 13.0. The molecule has 0 aliphatic carbocycles. The molecular formula is C15H15FN2O2. The lowest BCUT2D eigenvalue weighted by Gasteiger charge is -2.17. The van der Waals surface area contributed by atoms with E-state index in [0.717, 1.165) is 5.56 Å². The number of ether oxygens (including phenoxy) is 1. The summed E-state index contributed by atoms with van der Waals surface area (Å²) >= 11 is 0. The minimum absolute atomic E-state index is 0.195. The van der Waals surface area contributed by atoms with E-state index in [2.05, 4.69) is 5.16 Å². The second-order valence-electron chi connectivity index (χ2n) is 4.30. The van der Waals surface area contributed by atoms with Crippen LogP contribution in [0.5, 0.6) is 5.75 Å². The highest BCUT2D eigenvalue weighted by Gasteiger charge is 2.14. The van der Waals surface area contributed by atoms with Crippen LogP contribution in [0.3, 0.4) is 0 Å². The van der Waals surface area contributed by atoms with E-state index in [9.17, 15) is 4.39 Å². The molecule has 0 bridgehead atoms. The second-order valence-corrected chi connectivity index (χ2v) is 4.30. The molecular weight excluding hydrogens is 259 g/mol. The van der Waals surface area contributed by atoms with Crippen LogP contribution in [0.15, 0.2) is 53.7 Å². The maximum Gasteiger partial charge on any atom is 0.173 e. The molecule has 2 aromatic carbocycles. The number of oxime groups is 1. The van der Waals surface area contributed by atoms with Gasteiger partial charge in [0.05, 0.1) is 5.56 Å². The molecule has 104 valence electrons. The van der Waals surface area contributed by atoms with Gasteiger partial charge in [-0.25, -0.2) is 4.39 Å². The zero-order valence-electron chi connectivity index (χ0n) is 11.0. The Morgan fingerprint density at radius 1 is 1.25 bits per heavy atom. The van der Waals surface area contributed by atoms with Crippen LogP contribution in [0.25, 0.3) is 0 Å². The van der Waals surface area contributed by atoms with Crippen LogP contribution in [0.4, 0.5) is 4.39 Å². The summed E-state index contributed by atoms with van der Waals surface area (Å²) in [7, 11) is 0. The van der Waals surface area contributed by atoms with Gasteiger partial charge in [0, 0.05) is 0 Å². The predicted molar refractivity (Wildman–Crippen MR) is 74.4 cm³/mol. The molecule has 0 heterocycles. The summed E-state index contributed by atoms with van der Waals surface area (Å²) < 4.78 is 19.0. The molecule has 2 aromatic rings. The smallest absolute Gasteiger partial charge is 0.173 e. The molecule has 0 radical (unpaired) electrons. The van der Waals surface area contributed by atoms with Gasteiger partial charge in [-0.1, -0.05) is 35.5 Å². The van der Waals surface area contributed by atoms with Crippen LogP contribution in [0.1, 0.15) is 24.2 Å². The molecule has 5 heteroatoms. The Balaban J connectivity index is 2.30. The lowest BCUT2D eigenvalue weighted by atomic mass is 10.1. The molecule has 0 saturated heterocycles. The molecule has 0 aliphatic heterocycles. The van der Waals surface area contributed by atoms with Crippen LogP contribution in [0, 0.1) is 5.82 Å². The molecule has 0 fully saturated rings. The Bertz CT molecular complexity index is 615. The van der Waals surface area contributed by atoms with Crippen LogP contribution >= 0.6 is 0 Å². The molecule has 0 aliphatic rings. The van der Waals surface area contributed by atoms with Gasteiger partial charge in [0.2, 0.25) is 0 Å². The third-order valence-electron chi connectivity index (χ3n) is 2.90. The predicted octanol–water partition coefficient (Wildman–Crippen LogP) is 3.06.